The SMILES string of the molecule is Cc1c(Br)c(OC(=O)C(F)(F)F)cc2c1[C@H]1CC[C@]3(C)[C@@H](OC(=O)C(F)(F)F)CC[C@H]3[C@@H]1CC2. The van der Waals surface area contributed by atoms with Crippen LogP contribution in [0.25, 0.3) is 0 Å². The van der Waals surface area contributed by atoms with Crippen molar-refractivity contribution in [2.75, 3.05) is 0 Å². The normalized spacial score (nSPS) is 30.7. The second-order valence-electron chi connectivity index (χ2n) is 9.70. The van der Waals surface area contributed by atoms with Crippen molar-refractivity contribution in [2.24, 2.45) is 17.3 Å². The minimum Gasteiger partial charge on any atom is -0.455 e. The largest absolute Gasteiger partial charge is 0.491 e. The second kappa shape index (κ2) is 8.41. The number of benzene rings is 1. The highest BCUT2D eigenvalue weighted by Gasteiger charge is 2.58. The Balaban J connectivity index is 1.60. The van der Waals surface area contributed by atoms with Gasteiger partial charge in [-0.2, -0.15) is 26.3 Å². The van der Waals surface area contributed by atoms with Crippen molar-refractivity contribution in [1.82, 2.24) is 0 Å². The van der Waals surface area contributed by atoms with E-state index in [-0.39, 0.29) is 28.0 Å². The molecule has 0 amide bonds. The smallest absolute Gasteiger partial charge is 0.455 e. The fourth-order valence-electron chi connectivity index (χ4n) is 6.51. The first-order valence-electron chi connectivity index (χ1n) is 11.0. The number of esters is 2. The first-order valence-corrected chi connectivity index (χ1v) is 11.8. The van der Waals surface area contributed by atoms with Crippen LogP contribution in [0.15, 0.2) is 10.5 Å². The number of hydrogen-bond donors (Lipinski definition) is 0. The van der Waals surface area contributed by atoms with Gasteiger partial charge in [-0.05, 0) is 102 Å². The number of fused-ring (bicyclic) bond motifs is 5. The molecule has 0 heterocycles. The zero-order valence-electron chi connectivity index (χ0n) is 18.4. The Morgan fingerprint density at radius 3 is 2.29 bits per heavy atom. The first-order chi connectivity index (χ1) is 15.6. The van der Waals surface area contributed by atoms with E-state index in [0.717, 1.165) is 11.1 Å². The van der Waals surface area contributed by atoms with Crippen LogP contribution < -0.4 is 4.74 Å². The molecule has 0 radical (unpaired) electrons. The predicted octanol–water partition coefficient (Wildman–Crippen LogP) is 6.56. The maximum atomic E-state index is 12.8. The lowest BCUT2D eigenvalue weighted by Crippen LogP contribution is -2.46. The van der Waals surface area contributed by atoms with Crippen LogP contribution in [0.2, 0.25) is 0 Å². The van der Waals surface area contributed by atoms with E-state index in [1.54, 1.807) is 6.92 Å². The molecule has 2 saturated carbocycles. The molecule has 34 heavy (non-hydrogen) atoms. The van der Waals surface area contributed by atoms with Gasteiger partial charge in [-0.1, -0.05) is 6.92 Å². The van der Waals surface area contributed by atoms with Gasteiger partial charge < -0.3 is 9.47 Å². The number of ether oxygens (including phenoxy) is 2. The lowest BCUT2D eigenvalue weighted by molar-refractivity contribution is -0.211. The maximum absolute atomic E-state index is 12.8. The molecule has 0 bridgehead atoms. The lowest BCUT2D eigenvalue weighted by Gasteiger charge is -2.50. The van der Waals surface area contributed by atoms with Crippen LogP contribution in [-0.2, 0) is 20.7 Å². The van der Waals surface area contributed by atoms with E-state index in [0.29, 0.717) is 44.1 Å². The highest BCUT2D eigenvalue weighted by Crippen LogP contribution is 2.62. The third kappa shape index (κ3) is 4.22. The predicted molar refractivity (Wildman–Crippen MR) is 111 cm³/mol. The van der Waals surface area contributed by atoms with E-state index in [1.165, 1.54) is 6.07 Å². The number of halogens is 7. The Hall–Kier alpha value is -1.78. The number of carbonyl (C=O) groups is 2. The Morgan fingerprint density at radius 1 is 1.03 bits per heavy atom. The first kappa shape index (κ1) is 25.3. The molecule has 4 nitrogen and oxygen atoms in total. The number of carbonyl (C=O) groups excluding carboxylic acids is 2. The van der Waals surface area contributed by atoms with Gasteiger partial charge in [0, 0.05) is 5.41 Å². The van der Waals surface area contributed by atoms with E-state index in [4.69, 9.17) is 4.74 Å². The van der Waals surface area contributed by atoms with Crippen LogP contribution in [0.4, 0.5) is 26.3 Å². The van der Waals surface area contributed by atoms with Gasteiger partial charge in [0.1, 0.15) is 11.9 Å². The van der Waals surface area contributed by atoms with Crippen LogP contribution in [0.3, 0.4) is 0 Å². The summed E-state index contributed by atoms with van der Waals surface area (Å²) in [5.41, 5.74) is 1.94. The van der Waals surface area contributed by atoms with Crippen molar-refractivity contribution in [3.8, 4) is 5.75 Å². The molecule has 11 heteroatoms. The van der Waals surface area contributed by atoms with Gasteiger partial charge in [0.25, 0.3) is 0 Å². The minimum atomic E-state index is -5.11. The lowest BCUT2D eigenvalue weighted by atomic mass is 9.55. The molecule has 0 aliphatic heterocycles. The molecule has 5 atom stereocenters. The van der Waals surface area contributed by atoms with Crippen molar-refractivity contribution < 1.29 is 45.4 Å². The molecule has 0 aromatic heterocycles. The average molecular weight is 557 g/mol. The van der Waals surface area contributed by atoms with Gasteiger partial charge in [0.15, 0.2) is 0 Å². The fraction of sp³-hybridized carbons (Fsp3) is 0.652. The number of aryl methyl sites for hydroxylation is 1. The molecule has 0 spiro atoms. The van der Waals surface area contributed by atoms with Crippen molar-refractivity contribution in [3.05, 3.63) is 27.2 Å². The van der Waals surface area contributed by atoms with Gasteiger partial charge in [0.05, 0.1) is 4.47 Å². The molecule has 188 valence electrons. The van der Waals surface area contributed by atoms with Gasteiger partial charge in [-0.3, -0.25) is 0 Å². The van der Waals surface area contributed by atoms with Crippen molar-refractivity contribution in [2.45, 2.75) is 76.7 Å². The summed E-state index contributed by atoms with van der Waals surface area (Å²) >= 11 is 3.28. The average Bonchev–Trinajstić information content (AvgIpc) is 3.06. The van der Waals surface area contributed by atoms with Crippen LogP contribution in [0, 0.1) is 24.2 Å². The quantitative estimate of drug-likeness (QED) is 0.235. The molecular weight excluding hydrogens is 534 g/mol. The maximum Gasteiger partial charge on any atom is 0.491 e. The summed E-state index contributed by atoms with van der Waals surface area (Å²) in [5.74, 6) is -4.35. The standard InChI is InChI=1S/C23H23BrF6O4/c1-10-17-11(9-15(18(10)24)33-19(31)22(25,26)27)3-4-12-13(17)7-8-21(2)14(12)5-6-16(21)34-20(32)23(28,29)30/h9,12-14,16H,3-8H2,1-2H3/t12-,13+,14+,16+,21+/m1/s1. The topological polar surface area (TPSA) is 52.6 Å². The molecule has 0 N–H and O–H groups in total. The molecule has 1 aromatic carbocycles. The molecular formula is C23H23BrF6O4. The zero-order valence-corrected chi connectivity index (χ0v) is 20.0. The third-order valence-corrected chi connectivity index (χ3v) is 8.97. The molecule has 4 rings (SSSR count). The molecule has 3 aliphatic carbocycles. The summed E-state index contributed by atoms with van der Waals surface area (Å²) in [7, 11) is 0. The summed E-state index contributed by atoms with van der Waals surface area (Å²) in [6, 6.07) is 1.47. The van der Waals surface area contributed by atoms with E-state index in [1.807, 2.05) is 6.92 Å². The van der Waals surface area contributed by atoms with Crippen LogP contribution in [0.1, 0.15) is 61.6 Å². The van der Waals surface area contributed by atoms with Crippen LogP contribution >= 0.6 is 15.9 Å². The Kier molecular flexibility index (Phi) is 6.26. The monoisotopic (exact) mass is 556 g/mol. The van der Waals surface area contributed by atoms with Crippen molar-refractivity contribution in [1.29, 1.82) is 0 Å². The van der Waals surface area contributed by atoms with Gasteiger partial charge in [0.2, 0.25) is 0 Å². The van der Waals surface area contributed by atoms with Crippen molar-refractivity contribution in [3.63, 3.8) is 0 Å². The molecule has 3 aliphatic rings. The molecule has 1 aromatic rings. The summed E-state index contributed by atoms with van der Waals surface area (Å²) < 4.78 is 86.2. The number of hydrogen-bond acceptors (Lipinski definition) is 4. The Labute approximate surface area is 200 Å². The van der Waals surface area contributed by atoms with Crippen molar-refractivity contribution >= 4 is 27.9 Å². The summed E-state index contributed by atoms with van der Waals surface area (Å²) in [5, 5.41) is 0. The fourth-order valence-corrected chi connectivity index (χ4v) is 6.92. The van der Waals surface area contributed by atoms with E-state index in [2.05, 4.69) is 20.7 Å². The Morgan fingerprint density at radius 2 is 1.68 bits per heavy atom. The summed E-state index contributed by atoms with van der Waals surface area (Å²) in [6.45, 7) is 3.65. The van der Waals surface area contributed by atoms with E-state index in [9.17, 15) is 35.9 Å². The van der Waals surface area contributed by atoms with Gasteiger partial charge >= 0.3 is 24.3 Å². The zero-order chi connectivity index (χ0) is 25.2. The van der Waals surface area contributed by atoms with Gasteiger partial charge in [-0.25, -0.2) is 9.59 Å². The Bertz CT molecular complexity index is 1020. The van der Waals surface area contributed by atoms with E-state index < -0.39 is 35.8 Å². The van der Waals surface area contributed by atoms with Crippen LogP contribution in [0.5, 0.6) is 5.75 Å². The highest BCUT2D eigenvalue weighted by atomic mass is 79.9. The summed E-state index contributed by atoms with van der Waals surface area (Å²) in [4.78, 5) is 22.8. The second-order valence-corrected chi connectivity index (χ2v) is 10.5. The highest BCUT2D eigenvalue weighted by molar-refractivity contribution is 9.10. The minimum absolute atomic E-state index is 0.0614. The molecule has 2 fully saturated rings. The van der Waals surface area contributed by atoms with E-state index >= 15 is 0 Å². The summed E-state index contributed by atoms with van der Waals surface area (Å²) in [6.07, 6.45) is -7.48. The van der Waals surface area contributed by atoms with Gasteiger partial charge in [-0.15, -0.1) is 0 Å². The third-order valence-electron chi connectivity index (χ3n) is 7.98. The number of rotatable bonds is 2. The van der Waals surface area contributed by atoms with Crippen LogP contribution in [-0.4, -0.2) is 30.4 Å². The molecule has 0 saturated heterocycles. The number of alkyl halides is 6. The molecule has 0 unspecified atom stereocenters.